The molecule has 0 aromatic heterocycles. The molecular formula is C15H19BrN2O5S. The first-order valence-corrected chi connectivity index (χ1v) is 9.83. The van der Waals surface area contributed by atoms with Gasteiger partial charge in [0.1, 0.15) is 0 Å². The lowest BCUT2D eigenvalue weighted by Gasteiger charge is -2.30. The standard InChI is InChI=1S/C15H19BrN2O5S/c16-12-3-5-13(6-4-12)24(22,23)17-8-7-14(19)18-9-1-2-11(10-18)15(20)21/h3-6,11,17H,1-2,7-10H2,(H,20,21)/t11-/m0/s1. The van der Waals surface area contributed by atoms with Crippen molar-refractivity contribution in [3.8, 4) is 0 Å². The third kappa shape index (κ3) is 5.02. The molecule has 132 valence electrons. The molecule has 1 aromatic rings. The summed E-state index contributed by atoms with van der Waals surface area (Å²) in [6.45, 7) is 0.682. The minimum atomic E-state index is -3.66. The molecule has 1 amide bonds. The maximum Gasteiger partial charge on any atom is 0.308 e. The molecule has 1 aromatic carbocycles. The van der Waals surface area contributed by atoms with E-state index in [1.54, 1.807) is 12.1 Å². The average Bonchev–Trinajstić information content (AvgIpc) is 2.55. The van der Waals surface area contributed by atoms with Crippen LogP contribution in [-0.2, 0) is 19.6 Å². The van der Waals surface area contributed by atoms with Gasteiger partial charge in [-0.15, -0.1) is 0 Å². The topological polar surface area (TPSA) is 104 Å². The fourth-order valence-electron chi connectivity index (χ4n) is 2.55. The molecule has 1 atom stereocenters. The summed E-state index contributed by atoms with van der Waals surface area (Å²) in [5.41, 5.74) is 0. The predicted molar refractivity (Wildman–Crippen MR) is 90.9 cm³/mol. The highest BCUT2D eigenvalue weighted by molar-refractivity contribution is 9.10. The van der Waals surface area contributed by atoms with Gasteiger partial charge >= 0.3 is 5.97 Å². The molecule has 1 aliphatic heterocycles. The zero-order valence-electron chi connectivity index (χ0n) is 12.9. The molecule has 0 spiro atoms. The summed E-state index contributed by atoms with van der Waals surface area (Å²) in [6.07, 6.45) is 1.21. The van der Waals surface area contributed by atoms with Crippen LogP contribution in [0, 0.1) is 5.92 Å². The number of benzene rings is 1. The van der Waals surface area contributed by atoms with E-state index in [4.69, 9.17) is 5.11 Å². The SMILES string of the molecule is O=C(O)[C@H]1CCCN(C(=O)CCNS(=O)(=O)c2ccc(Br)cc2)C1. The summed E-state index contributed by atoms with van der Waals surface area (Å²) in [5, 5.41) is 9.03. The Morgan fingerprint density at radius 1 is 1.29 bits per heavy atom. The van der Waals surface area contributed by atoms with Crippen molar-refractivity contribution < 1.29 is 23.1 Å². The number of carboxylic acid groups (broad SMARTS) is 1. The number of hydrogen-bond donors (Lipinski definition) is 2. The number of halogens is 1. The number of nitrogens with one attached hydrogen (secondary N) is 1. The largest absolute Gasteiger partial charge is 0.481 e. The van der Waals surface area contributed by atoms with Gasteiger partial charge in [0.2, 0.25) is 15.9 Å². The van der Waals surface area contributed by atoms with Crippen molar-refractivity contribution in [2.24, 2.45) is 5.92 Å². The van der Waals surface area contributed by atoms with Gasteiger partial charge in [-0.05, 0) is 37.1 Å². The van der Waals surface area contributed by atoms with Crippen LogP contribution in [-0.4, -0.2) is 49.9 Å². The second-order valence-electron chi connectivity index (χ2n) is 5.62. The molecule has 0 unspecified atom stereocenters. The highest BCUT2D eigenvalue weighted by Crippen LogP contribution is 2.17. The third-order valence-electron chi connectivity index (χ3n) is 3.88. The summed E-state index contributed by atoms with van der Waals surface area (Å²) in [5.74, 6) is -1.68. The van der Waals surface area contributed by atoms with Crippen LogP contribution in [0.5, 0.6) is 0 Å². The lowest BCUT2D eigenvalue weighted by molar-refractivity contribution is -0.145. The van der Waals surface area contributed by atoms with E-state index >= 15 is 0 Å². The number of hydrogen-bond acceptors (Lipinski definition) is 4. The Balaban J connectivity index is 1.85. The molecule has 0 aliphatic carbocycles. The van der Waals surface area contributed by atoms with Crippen LogP contribution in [0.15, 0.2) is 33.6 Å². The van der Waals surface area contributed by atoms with E-state index in [0.717, 1.165) is 4.47 Å². The summed E-state index contributed by atoms with van der Waals surface area (Å²) >= 11 is 3.24. The number of nitrogens with zero attached hydrogens (tertiary/aromatic N) is 1. The Morgan fingerprint density at radius 3 is 2.58 bits per heavy atom. The van der Waals surface area contributed by atoms with Gasteiger partial charge in [-0.3, -0.25) is 9.59 Å². The molecule has 1 saturated heterocycles. The Kier molecular flexibility index (Phi) is 6.36. The normalized spacial score (nSPS) is 18.4. The zero-order chi connectivity index (χ0) is 17.7. The number of piperidine rings is 1. The van der Waals surface area contributed by atoms with E-state index in [-0.39, 0.29) is 30.3 Å². The van der Waals surface area contributed by atoms with Gasteiger partial charge in [0.05, 0.1) is 10.8 Å². The van der Waals surface area contributed by atoms with Gasteiger partial charge in [-0.25, -0.2) is 13.1 Å². The Labute approximate surface area is 149 Å². The van der Waals surface area contributed by atoms with E-state index in [0.29, 0.717) is 19.4 Å². The zero-order valence-corrected chi connectivity index (χ0v) is 15.3. The van der Waals surface area contributed by atoms with Crippen LogP contribution in [0.1, 0.15) is 19.3 Å². The summed E-state index contributed by atoms with van der Waals surface area (Å²) in [4.78, 5) is 24.8. The number of carbonyl (C=O) groups is 2. The highest BCUT2D eigenvalue weighted by atomic mass is 79.9. The molecule has 2 rings (SSSR count). The Morgan fingerprint density at radius 2 is 1.96 bits per heavy atom. The van der Waals surface area contributed by atoms with Crippen molar-refractivity contribution in [2.75, 3.05) is 19.6 Å². The number of aliphatic carboxylic acids is 1. The van der Waals surface area contributed by atoms with E-state index in [1.807, 2.05) is 0 Å². The monoisotopic (exact) mass is 418 g/mol. The Bertz CT molecular complexity index is 705. The minimum absolute atomic E-state index is 0.00208. The van der Waals surface area contributed by atoms with Crippen LogP contribution in [0.3, 0.4) is 0 Å². The molecule has 0 saturated carbocycles. The molecule has 7 nitrogen and oxygen atoms in total. The number of sulfonamides is 1. The molecular weight excluding hydrogens is 400 g/mol. The molecule has 2 N–H and O–H groups in total. The van der Waals surface area contributed by atoms with Crippen LogP contribution in [0.2, 0.25) is 0 Å². The fourth-order valence-corrected chi connectivity index (χ4v) is 3.85. The number of likely N-dealkylation sites (tertiary alicyclic amines) is 1. The quantitative estimate of drug-likeness (QED) is 0.727. The lowest BCUT2D eigenvalue weighted by Crippen LogP contribution is -2.43. The van der Waals surface area contributed by atoms with E-state index in [2.05, 4.69) is 20.7 Å². The maximum atomic E-state index is 12.1. The van der Waals surface area contributed by atoms with E-state index < -0.39 is 21.9 Å². The highest BCUT2D eigenvalue weighted by Gasteiger charge is 2.28. The predicted octanol–water partition coefficient (Wildman–Crippen LogP) is 1.44. The fraction of sp³-hybridized carbons (Fsp3) is 0.467. The van der Waals surface area contributed by atoms with Gasteiger partial charge in [0.15, 0.2) is 0 Å². The van der Waals surface area contributed by atoms with Gasteiger partial charge < -0.3 is 10.0 Å². The van der Waals surface area contributed by atoms with Crippen molar-refractivity contribution in [2.45, 2.75) is 24.2 Å². The number of carboxylic acids is 1. The average molecular weight is 419 g/mol. The van der Waals surface area contributed by atoms with Crippen LogP contribution < -0.4 is 4.72 Å². The van der Waals surface area contributed by atoms with Gasteiger partial charge in [-0.1, -0.05) is 15.9 Å². The molecule has 1 aliphatic rings. The first-order valence-electron chi connectivity index (χ1n) is 7.55. The van der Waals surface area contributed by atoms with Crippen LogP contribution in [0.4, 0.5) is 0 Å². The summed E-state index contributed by atoms with van der Waals surface area (Å²) < 4.78 is 27.4. The number of amides is 1. The number of rotatable bonds is 6. The second-order valence-corrected chi connectivity index (χ2v) is 8.30. The van der Waals surface area contributed by atoms with Crippen molar-refractivity contribution in [3.63, 3.8) is 0 Å². The molecule has 0 bridgehead atoms. The van der Waals surface area contributed by atoms with Gasteiger partial charge in [0, 0.05) is 30.5 Å². The van der Waals surface area contributed by atoms with Crippen LogP contribution >= 0.6 is 15.9 Å². The van der Waals surface area contributed by atoms with E-state index in [1.165, 1.54) is 17.0 Å². The molecule has 9 heteroatoms. The molecule has 1 fully saturated rings. The maximum absolute atomic E-state index is 12.1. The molecule has 24 heavy (non-hydrogen) atoms. The van der Waals surface area contributed by atoms with Gasteiger partial charge in [0.25, 0.3) is 0 Å². The minimum Gasteiger partial charge on any atom is -0.481 e. The third-order valence-corrected chi connectivity index (χ3v) is 5.88. The molecule has 0 radical (unpaired) electrons. The van der Waals surface area contributed by atoms with Crippen molar-refractivity contribution >= 4 is 37.8 Å². The molecule has 1 heterocycles. The first kappa shape index (κ1) is 18.9. The first-order chi connectivity index (χ1) is 11.3. The van der Waals surface area contributed by atoms with Crippen LogP contribution in [0.25, 0.3) is 0 Å². The van der Waals surface area contributed by atoms with Crippen molar-refractivity contribution in [1.82, 2.24) is 9.62 Å². The summed E-state index contributed by atoms with van der Waals surface area (Å²) in [7, 11) is -3.66. The smallest absolute Gasteiger partial charge is 0.308 e. The second kappa shape index (κ2) is 8.09. The van der Waals surface area contributed by atoms with Crippen molar-refractivity contribution in [3.05, 3.63) is 28.7 Å². The van der Waals surface area contributed by atoms with E-state index in [9.17, 15) is 18.0 Å². The Hall–Kier alpha value is -1.45. The summed E-state index contributed by atoms with van der Waals surface area (Å²) in [6, 6.07) is 6.19. The number of carbonyl (C=O) groups excluding carboxylic acids is 1. The van der Waals surface area contributed by atoms with Crippen molar-refractivity contribution in [1.29, 1.82) is 0 Å². The lowest BCUT2D eigenvalue weighted by atomic mass is 9.98. The van der Waals surface area contributed by atoms with Gasteiger partial charge in [-0.2, -0.15) is 0 Å².